The average Bonchev–Trinajstić information content (AvgIpc) is 3.47. The summed E-state index contributed by atoms with van der Waals surface area (Å²) in [6.07, 6.45) is 1.51. The summed E-state index contributed by atoms with van der Waals surface area (Å²) in [5.74, 6) is 0.407. The van der Waals surface area contributed by atoms with Crippen molar-refractivity contribution in [1.29, 1.82) is 5.26 Å². The maximum Gasteiger partial charge on any atom is 0.266 e. The van der Waals surface area contributed by atoms with E-state index in [0.717, 1.165) is 18.8 Å². The lowest BCUT2D eigenvalue weighted by atomic mass is 10.0. The number of thiophene rings is 1. The minimum Gasteiger partial charge on any atom is -0.464 e. The Kier molecular flexibility index (Phi) is 4.92. The van der Waals surface area contributed by atoms with Gasteiger partial charge in [0.05, 0.1) is 17.5 Å². The van der Waals surface area contributed by atoms with Crippen LogP contribution in [-0.2, 0) is 0 Å². The van der Waals surface area contributed by atoms with Crippen molar-refractivity contribution in [3.05, 3.63) is 59.2 Å². The van der Waals surface area contributed by atoms with E-state index in [-0.39, 0.29) is 17.3 Å². The van der Waals surface area contributed by atoms with E-state index in [9.17, 15) is 10.1 Å². The molecule has 8 nitrogen and oxygen atoms in total. The molecule has 3 aromatic heterocycles. The first kappa shape index (κ1) is 19.9. The number of benzene rings is 1. The first-order valence-corrected chi connectivity index (χ1v) is 10.9. The molecule has 1 aliphatic rings. The Labute approximate surface area is 188 Å². The molecule has 4 heterocycles. The zero-order chi connectivity index (χ0) is 22.2. The molecule has 1 saturated heterocycles. The molecule has 0 radical (unpaired) electrons. The zero-order valence-electron chi connectivity index (χ0n) is 17.1. The maximum atomic E-state index is 13.4. The van der Waals surface area contributed by atoms with Crippen molar-refractivity contribution in [3.8, 4) is 17.4 Å². The Hall–Kier alpha value is -4.03. The number of rotatable bonds is 3. The molecule has 0 bridgehead atoms. The van der Waals surface area contributed by atoms with Gasteiger partial charge in [0.1, 0.15) is 32.9 Å². The Morgan fingerprint density at radius 2 is 1.84 bits per heavy atom. The third-order valence-electron chi connectivity index (χ3n) is 5.67. The molecule has 160 valence electrons. The highest BCUT2D eigenvalue weighted by Gasteiger charge is 2.29. The molecule has 0 saturated carbocycles. The van der Waals surface area contributed by atoms with Gasteiger partial charge in [0.15, 0.2) is 0 Å². The molecule has 0 spiro atoms. The molecule has 0 atom stereocenters. The number of carbonyl (C=O) groups is 1. The Morgan fingerprint density at radius 1 is 1.09 bits per heavy atom. The van der Waals surface area contributed by atoms with Crippen molar-refractivity contribution in [2.45, 2.75) is 0 Å². The van der Waals surface area contributed by atoms with Crippen LogP contribution in [0.2, 0.25) is 0 Å². The van der Waals surface area contributed by atoms with Crippen LogP contribution in [0.25, 0.3) is 21.5 Å². The number of nitriles is 1. The number of nitrogen functional groups attached to an aromatic ring is 2. The van der Waals surface area contributed by atoms with Gasteiger partial charge in [0.2, 0.25) is 0 Å². The van der Waals surface area contributed by atoms with Gasteiger partial charge in [0.25, 0.3) is 5.91 Å². The highest BCUT2D eigenvalue weighted by Crippen LogP contribution is 2.43. The number of piperazine rings is 1. The summed E-state index contributed by atoms with van der Waals surface area (Å²) < 4.78 is 5.53. The Balaban J connectivity index is 1.49. The molecular weight excluding hydrogens is 424 g/mol. The largest absolute Gasteiger partial charge is 0.464 e. The number of amides is 1. The van der Waals surface area contributed by atoms with Crippen molar-refractivity contribution in [1.82, 2.24) is 9.88 Å². The van der Waals surface area contributed by atoms with Gasteiger partial charge in [-0.1, -0.05) is 18.2 Å². The second-order valence-corrected chi connectivity index (χ2v) is 8.48. The van der Waals surface area contributed by atoms with Gasteiger partial charge in [0, 0.05) is 37.3 Å². The van der Waals surface area contributed by atoms with Crippen LogP contribution in [-0.4, -0.2) is 42.0 Å². The highest BCUT2D eigenvalue weighted by molar-refractivity contribution is 7.21. The summed E-state index contributed by atoms with van der Waals surface area (Å²) in [5.41, 5.74) is 14.6. The lowest BCUT2D eigenvalue weighted by molar-refractivity contribution is 0.0752. The fraction of sp³-hybridized carbons (Fsp3) is 0.174. The molecule has 9 heteroatoms. The standard InChI is InChI=1S/C23H20N6O2S/c24-13-15-17(16-7-4-12-31-16)18-19(25)20(32-22(18)27-21(15)26)23(30)29-10-8-28(9-11-29)14-5-2-1-3-6-14/h1-7,12H,8-11,25H2,(H2,26,27). The number of fused-ring (bicyclic) bond motifs is 1. The van der Waals surface area contributed by atoms with E-state index in [1.807, 2.05) is 23.1 Å². The molecule has 0 unspecified atom stereocenters. The van der Waals surface area contributed by atoms with Gasteiger partial charge >= 0.3 is 0 Å². The van der Waals surface area contributed by atoms with E-state index in [0.29, 0.717) is 45.2 Å². The summed E-state index contributed by atoms with van der Waals surface area (Å²) in [7, 11) is 0. The van der Waals surface area contributed by atoms with Crippen LogP contribution in [0.5, 0.6) is 0 Å². The predicted molar refractivity (Wildman–Crippen MR) is 125 cm³/mol. The summed E-state index contributed by atoms with van der Waals surface area (Å²) in [4.78, 5) is 22.7. The van der Waals surface area contributed by atoms with E-state index in [4.69, 9.17) is 15.9 Å². The summed E-state index contributed by atoms with van der Waals surface area (Å²) >= 11 is 1.20. The second-order valence-electron chi connectivity index (χ2n) is 7.48. The van der Waals surface area contributed by atoms with E-state index in [1.165, 1.54) is 17.6 Å². The van der Waals surface area contributed by atoms with Crippen molar-refractivity contribution in [2.75, 3.05) is 42.5 Å². The summed E-state index contributed by atoms with van der Waals surface area (Å²) in [6, 6.07) is 15.7. The molecular formula is C23H20N6O2S. The smallest absolute Gasteiger partial charge is 0.266 e. The Morgan fingerprint density at radius 3 is 2.50 bits per heavy atom. The number of aromatic nitrogens is 1. The number of nitrogens with zero attached hydrogens (tertiary/aromatic N) is 4. The van der Waals surface area contributed by atoms with Gasteiger partial charge in [-0.15, -0.1) is 11.3 Å². The van der Waals surface area contributed by atoms with Gasteiger partial charge in [-0.3, -0.25) is 4.79 Å². The van der Waals surface area contributed by atoms with E-state index >= 15 is 0 Å². The minimum absolute atomic E-state index is 0.0862. The van der Waals surface area contributed by atoms with Crippen LogP contribution < -0.4 is 16.4 Å². The molecule has 0 aliphatic carbocycles. The topological polar surface area (TPSA) is 125 Å². The van der Waals surface area contributed by atoms with Crippen LogP contribution in [0.4, 0.5) is 17.2 Å². The molecule has 4 aromatic rings. The molecule has 32 heavy (non-hydrogen) atoms. The number of hydrogen-bond donors (Lipinski definition) is 2. The van der Waals surface area contributed by atoms with E-state index in [1.54, 1.807) is 12.1 Å². The molecule has 4 N–H and O–H groups in total. The number of pyridine rings is 1. The first-order chi connectivity index (χ1) is 15.6. The van der Waals surface area contributed by atoms with Crippen molar-refractivity contribution >= 4 is 44.7 Å². The second kappa shape index (κ2) is 7.90. The minimum atomic E-state index is -0.138. The number of hydrogen-bond acceptors (Lipinski definition) is 8. The molecule has 1 aromatic carbocycles. The number of furan rings is 1. The van der Waals surface area contributed by atoms with Gasteiger partial charge in [-0.05, 0) is 24.3 Å². The molecule has 1 aliphatic heterocycles. The number of para-hydroxylation sites is 1. The van der Waals surface area contributed by atoms with Crippen molar-refractivity contribution in [3.63, 3.8) is 0 Å². The average molecular weight is 445 g/mol. The van der Waals surface area contributed by atoms with Gasteiger partial charge < -0.3 is 25.7 Å². The van der Waals surface area contributed by atoms with Crippen LogP contribution in [0.15, 0.2) is 53.1 Å². The quantitative estimate of drug-likeness (QED) is 0.495. The molecule has 1 amide bonds. The highest BCUT2D eigenvalue weighted by atomic mass is 32.1. The number of carbonyl (C=O) groups excluding carboxylic acids is 1. The third-order valence-corrected chi connectivity index (χ3v) is 6.75. The number of nitrogens with two attached hydrogens (primary N) is 2. The normalized spacial score (nSPS) is 14.0. The number of anilines is 3. The van der Waals surface area contributed by atoms with Crippen LogP contribution in [0.3, 0.4) is 0 Å². The van der Waals surface area contributed by atoms with Gasteiger partial charge in [-0.2, -0.15) is 5.26 Å². The van der Waals surface area contributed by atoms with Crippen molar-refractivity contribution < 1.29 is 9.21 Å². The summed E-state index contributed by atoms with van der Waals surface area (Å²) in [6.45, 7) is 2.65. The zero-order valence-corrected chi connectivity index (χ0v) is 17.9. The fourth-order valence-corrected chi connectivity index (χ4v) is 5.14. The van der Waals surface area contributed by atoms with Crippen LogP contribution in [0.1, 0.15) is 15.2 Å². The fourth-order valence-electron chi connectivity index (χ4n) is 4.06. The lowest BCUT2D eigenvalue weighted by Crippen LogP contribution is -2.48. The summed E-state index contributed by atoms with van der Waals surface area (Å²) in [5, 5.41) is 10.2. The van der Waals surface area contributed by atoms with Gasteiger partial charge in [-0.25, -0.2) is 4.98 Å². The third kappa shape index (κ3) is 3.21. The molecule has 5 rings (SSSR count). The maximum absolute atomic E-state index is 13.4. The Bertz CT molecular complexity index is 1330. The monoisotopic (exact) mass is 444 g/mol. The van der Waals surface area contributed by atoms with E-state index in [2.05, 4.69) is 28.1 Å². The SMILES string of the molecule is N#Cc1c(N)nc2sc(C(=O)N3CCN(c4ccccc4)CC3)c(N)c2c1-c1ccco1. The van der Waals surface area contributed by atoms with Crippen molar-refractivity contribution in [2.24, 2.45) is 0 Å². The lowest BCUT2D eigenvalue weighted by Gasteiger charge is -2.36. The van der Waals surface area contributed by atoms with Crippen LogP contribution >= 0.6 is 11.3 Å². The van der Waals surface area contributed by atoms with Crippen LogP contribution in [0, 0.1) is 11.3 Å². The van der Waals surface area contributed by atoms with E-state index < -0.39 is 0 Å². The molecule has 1 fully saturated rings. The first-order valence-electron chi connectivity index (χ1n) is 10.1. The predicted octanol–water partition coefficient (Wildman–Crippen LogP) is 3.55.